The van der Waals surface area contributed by atoms with Gasteiger partial charge in [0.25, 0.3) is 4.73 Å². The summed E-state index contributed by atoms with van der Waals surface area (Å²) in [7, 11) is 0. The number of nitro groups is 1. The van der Waals surface area contributed by atoms with Gasteiger partial charge in [-0.25, -0.2) is 0 Å². The largest absolute Gasteiger partial charge is 0.492 e. The lowest BCUT2D eigenvalue weighted by Crippen LogP contribution is -2.06. The predicted molar refractivity (Wildman–Crippen MR) is 56.9 cm³/mol. The van der Waals surface area contributed by atoms with E-state index in [1.807, 2.05) is 0 Å². The molecule has 1 aliphatic carbocycles. The van der Waals surface area contributed by atoms with E-state index in [-0.39, 0.29) is 5.92 Å². The van der Waals surface area contributed by atoms with Gasteiger partial charge >= 0.3 is 5.95 Å². The molecule has 82 valence electrons. The number of alkyl halides is 2. The van der Waals surface area contributed by atoms with Crippen molar-refractivity contribution in [3.8, 4) is 0 Å². The van der Waals surface area contributed by atoms with E-state index in [2.05, 4.69) is 26.0 Å². The fraction of sp³-hybridized carbons (Fsp3) is 0.667. The highest BCUT2D eigenvalue weighted by molar-refractivity contribution is 9.10. The number of hydrogen-bond donors (Lipinski definition) is 0. The third kappa shape index (κ3) is 2.24. The minimum atomic E-state index is -0.722. The van der Waals surface area contributed by atoms with Gasteiger partial charge in [0.15, 0.2) is 0 Å². The van der Waals surface area contributed by atoms with Gasteiger partial charge < -0.3 is 10.1 Å². The van der Waals surface area contributed by atoms with Gasteiger partial charge in [0.05, 0.1) is 6.54 Å². The summed E-state index contributed by atoms with van der Waals surface area (Å²) < 4.78 is 0.973. The van der Waals surface area contributed by atoms with Crippen LogP contribution in [0, 0.1) is 16.0 Å². The van der Waals surface area contributed by atoms with Gasteiger partial charge in [0.2, 0.25) is 0 Å². The highest BCUT2D eigenvalue weighted by Crippen LogP contribution is 2.53. The van der Waals surface area contributed by atoms with Gasteiger partial charge in [-0.2, -0.15) is 4.68 Å². The first-order chi connectivity index (χ1) is 6.90. The van der Waals surface area contributed by atoms with Gasteiger partial charge in [-0.3, -0.25) is 0 Å². The van der Waals surface area contributed by atoms with Crippen LogP contribution >= 0.6 is 39.1 Å². The van der Waals surface area contributed by atoms with Crippen molar-refractivity contribution in [2.75, 3.05) is 0 Å². The van der Waals surface area contributed by atoms with E-state index in [1.54, 1.807) is 0 Å². The Morgan fingerprint density at radius 3 is 2.73 bits per heavy atom. The molecule has 1 saturated carbocycles. The van der Waals surface area contributed by atoms with E-state index in [4.69, 9.17) is 23.2 Å². The summed E-state index contributed by atoms with van der Waals surface area (Å²) in [5.74, 6) is -0.365. The van der Waals surface area contributed by atoms with Crippen LogP contribution in [0.4, 0.5) is 5.95 Å². The molecular weight excluding hydrogens is 311 g/mol. The third-order valence-electron chi connectivity index (χ3n) is 2.13. The fourth-order valence-electron chi connectivity index (χ4n) is 1.18. The molecule has 1 aromatic rings. The standard InChI is InChI=1S/C6H5BrCl2N4O2/c7-4-10-5(13(14)15)11-12(4)2-3-1-6(3,8)9/h3H,1-2H2. The first-order valence-electron chi connectivity index (χ1n) is 4.03. The number of aromatic nitrogens is 3. The Bertz CT molecular complexity index is 421. The summed E-state index contributed by atoms with van der Waals surface area (Å²) in [4.78, 5) is 13.4. The van der Waals surface area contributed by atoms with E-state index < -0.39 is 15.2 Å². The van der Waals surface area contributed by atoms with Crippen molar-refractivity contribution in [2.45, 2.75) is 17.3 Å². The Hall–Kier alpha value is -0.400. The van der Waals surface area contributed by atoms with E-state index in [9.17, 15) is 10.1 Å². The predicted octanol–water partition coefficient (Wildman–Crippen LogP) is 2.14. The van der Waals surface area contributed by atoms with Gasteiger partial charge in [-0.15, -0.1) is 23.2 Å². The molecule has 1 atom stereocenters. The zero-order valence-electron chi connectivity index (χ0n) is 7.23. The first kappa shape index (κ1) is 11.1. The smallest absolute Gasteiger partial charge is 0.390 e. The van der Waals surface area contributed by atoms with Crippen LogP contribution in [-0.2, 0) is 6.54 Å². The molecule has 0 radical (unpaired) electrons. The summed E-state index contributed by atoms with van der Waals surface area (Å²) in [6.07, 6.45) is 0.663. The number of halogens is 3. The fourth-order valence-corrected chi connectivity index (χ4v) is 2.07. The van der Waals surface area contributed by atoms with Gasteiger partial charge in [0.1, 0.15) is 4.33 Å². The Labute approximate surface area is 103 Å². The molecule has 1 unspecified atom stereocenters. The lowest BCUT2D eigenvalue weighted by Gasteiger charge is -1.97. The molecule has 1 aliphatic rings. The summed E-state index contributed by atoms with van der Waals surface area (Å²) in [5, 5.41) is 14.1. The average Bonchev–Trinajstić information content (AvgIpc) is 2.54. The zero-order chi connectivity index (χ0) is 11.2. The molecule has 6 nitrogen and oxygen atoms in total. The molecule has 1 heterocycles. The lowest BCUT2D eigenvalue weighted by atomic mass is 10.4. The molecule has 0 amide bonds. The van der Waals surface area contributed by atoms with Crippen molar-refractivity contribution in [1.82, 2.24) is 14.8 Å². The Morgan fingerprint density at radius 1 is 1.73 bits per heavy atom. The van der Waals surface area contributed by atoms with Crippen molar-refractivity contribution < 1.29 is 4.92 Å². The highest BCUT2D eigenvalue weighted by Gasteiger charge is 2.52. The lowest BCUT2D eigenvalue weighted by molar-refractivity contribution is -0.394. The maximum Gasteiger partial charge on any atom is 0.492 e. The molecule has 0 aliphatic heterocycles. The van der Waals surface area contributed by atoms with Crippen molar-refractivity contribution in [1.29, 1.82) is 0 Å². The van der Waals surface area contributed by atoms with Crippen LogP contribution in [0.3, 0.4) is 0 Å². The van der Waals surface area contributed by atoms with Crippen molar-refractivity contribution in [3.05, 3.63) is 14.8 Å². The molecule has 0 N–H and O–H groups in total. The molecule has 0 spiro atoms. The van der Waals surface area contributed by atoms with Crippen LogP contribution in [0.25, 0.3) is 0 Å². The number of hydrogen-bond acceptors (Lipinski definition) is 4. The summed E-state index contributed by atoms with van der Waals surface area (Å²) in [6, 6.07) is 0. The summed E-state index contributed by atoms with van der Waals surface area (Å²) >= 11 is 14.7. The van der Waals surface area contributed by atoms with Crippen LogP contribution in [-0.4, -0.2) is 24.0 Å². The van der Waals surface area contributed by atoms with Crippen molar-refractivity contribution in [3.63, 3.8) is 0 Å². The molecule has 1 aromatic heterocycles. The molecule has 0 aromatic carbocycles. The van der Waals surface area contributed by atoms with Crippen molar-refractivity contribution >= 4 is 45.1 Å². The van der Waals surface area contributed by atoms with Crippen LogP contribution in [0.2, 0.25) is 0 Å². The number of nitrogens with zero attached hydrogens (tertiary/aromatic N) is 4. The van der Waals surface area contributed by atoms with Crippen LogP contribution in [0.5, 0.6) is 0 Å². The highest BCUT2D eigenvalue weighted by atomic mass is 79.9. The van der Waals surface area contributed by atoms with Gasteiger partial charge in [0, 0.05) is 26.9 Å². The van der Waals surface area contributed by atoms with Crippen LogP contribution in [0.1, 0.15) is 6.42 Å². The van der Waals surface area contributed by atoms with Crippen molar-refractivity contribution in [2.24, 2.45) is 5.92 Å². The second kappa shape index (κ2) is 3.57. The normalized spacial score (nSPS) is 22.7. The zero-order valence-corrected chi connectivity index (χ0v) is 10.3. The minimum Gasteiger partial charge on any atom is -0.390 e. The number of rotatable bonds is 3. The van der Waals surface area contributed by atoms with E-state index in [1.165, 1.54) is 4.68 Å². The average molecular weight is 316 g/mol. The minimum absolute atomic E-state index is 0.0680. The maximum absolute atomic E-state index is 10.4. The molecule has 0 saturated heterocycles. The molecule has 0 bridgehead atoms. The quantitative estimate of drug-likeness (QED) is 0.486. The third-order valence-corrected chi connectivity index (χ3v) is 3.64. The Balaban J connectivity index is 2.12. The van der Waals surface area contributed by atoms with Gasteiger partial charge in [-0.1, -0.05) is 0 Å². The monoisotopic (exact) mass is 314 g/mol. The molecule has 15 heavy (non-hydrogen) atoms. The second-order valence-electron chi connectivity index (χ2n) is 3.28. The SMILES string of the molecule is O=[N+]([O-])c1nc(Br)n(CC2CC2(Cl)Cl)n1. The molecule has 2 rings (SSSR count). The first-order valence-corrected chi connectivity index (χ1v) is 5.57. The Kier molecular flexibility index (Phi) is 2.64. The summed E-state index contributed by atoms with van der Waals surface area (Å²) in [5.41, 5.74) is 0. The Morgan fingerprint density at radius 2 is 2.33 bits per heavy atom. The van der Waals surface area contributed by atoms with E-state index in [0.717, 1.165) is 0 Å². The van der Waals surface area contributed by atoms with Crippen LogP contribution < -0.4 is 0 Å². The summed E-state index contributed by atoms with van der Waals surface area (Å²) in [6.45, 7) is 0.425. The van der Waals surface area contributed by atoms with Crippen LogP contribution in [0.15, 0.2) is 4.73 Å². The maximum atomic E-state index is 10.4. The van der Waals surface area contributed by atoms with E-state index in [0.29, 0.717) is 17.7 Å². The van der Waals surface area contributed by atoms with Gasteiger partial charge in [-0.05, 0) is 16.3 Å². The molecule has 9 heteroatoms. The molecule has 1 fully saturated rings. The topological polar surface area (TPSA) is 73.8 Å². The van der Waals surface area contributed by atoms with E-state index >= 15 is 0 Å². The second-order valence-corrected chi connectivity index (χ2v) is 5.53. The molecular formula is C6H5BrCl2N4O2.